The Labute approximate surface area is 247 Å². The second-order valence-corrected chi connectivity index (χ2v) is 8.01. The number of Topliss-reactive ketones (excluding diaryl/α,β-unsaturated/α-hetero) is 1. The van der Waals surface area contributed by atoms with Gasteiger partial charge in [0.15, 0.2) is 5.82 Å². The van der Waals surface area contributed by atoms with Gasteiger partial charge < -0.3 is 33.9 Å². The molecule has 0 spiro atoms. The van der Waals surface area contributed by atoms with E-state index in [2.05, 4.69) is 26.1 Å². The normalized spacial score (nSPS) is 12.8. The number of hydrazone groups is 1. The van der Waals surface area contributed by atoms with Gasteiger partial charge in [-0.25, -0.2) is 9.99 Å². The van der Waals surface area contributed by atoms with Crippen molar-refractivity contribution in [2.45, 2.75) is 12.8 Å². The number of benzene rings is 1. The Balaban J connectivity index is 0.00000253. The SMILES string of the molecule is [CH-]=NN(C=NC)c1ncc(OC)c2c(C(=O)C(=O)N3CCC(=C(C#N)c4ccccc4)CC3)c[nH]c12.[CH3-].[Y]. The van der Waals surface area contributed by atoms with Crippen molar-refractivity contribution in [3.05, 3.63) is 66.9 Å². The summed E-state index contributed by atoms with van der Waals surface area (Å²) < 4.78 is 5.41. The Kier molecular flexibility index (Phi) is 11.1. The van der Waals surface area contributed by atoms with Crippen molar-refractivity contribution in [1.82, 2.24) is 14.9 Å². The predicted octanol–water partition coefficient (Wildman–Crippen LogP) is 3.76. The van der Waals surface area contributed by atoms with E-state index >= 15 is 0 Å². The number of anilines is 1. The third kappa shape index (κ3) is 5.90. The molecule has 3 heterocycles. The molecule has 0 saturated carbocycles. The van der Waals surface area contributed by atoms with Crippen molar-refractivity contribution in [1.29, 1.82) is 5.26 Å². The molecule has 193 valence electrons. The number of nitrogens with zero attached hydrogens (tertiary/aromatic N) is 6. The van der Waals surface area contributed by atoms with E-state index in [1.54, 1.807) is 7.05 Å². The zero-order valence-corrected chi connectivity index (χ0v) is 24.3. The fourth-order valence-electron chi connectivity index (χ4n) is 4.30. The second kappa shape index (κ2) is 13.7. The zero-order chi connectivity index (χ0) is 25.7. The first-order valence-electron chi connectivity index (χ1n) is 11.2. The van der Waals surface area contributed by atoms with Crippen molar-refractivity contribution < 1.29 is 47.0 Å². The van der Waals surface area contributed by atoms with E-state index in [4.69, 9.17) is 11.5 Å². The fourth-order valence-corrected chi connectivity index (χ4v) is 4.30. The number of carbonyl (C=O) groups is 2. The second-order valence-electron chi connectivity index (χ2n) is 8.01. The predicted molar refractivity (Wildman–Crippen MR) is 144 cm³/mol. The molecule has 3 aromatic rings. The molecule has 1 saturated heterocycles. The molecule has 38 heavy (non-hydrogen) atoms. The summed E-state index contributed by atoms with van der Waals surface area (Å²) in [6.45, 7) is 6.16. The molecule has 0 atom stereocenters. The molecule has 10 nitrogen and oxygen atoms in total. The summed E-state index contributed by atoms with van der Waals surface area (Å²) in [5, 5.41) is 15.0. The van der Waals surface area contributed by atoms with E-state index in [9.17, 15) is 14.9 Å². The van der Waals surface area contributed by atoms with Crippen molar-refractivity contribution in [3.8, 4) is 11.8 Å². The average Bonchev–Trinajstić information content (AvgIpc) is 3.37. The van der Waals surface area contributed by atoms with Crippen LogP contribution < -0.4 is 9.75 Å². The molecule has 0 aliphatic carbocycles. The number of nitriles is 1. The number of hydrogen-bond donors (Lipinski definition) is 1. The molecule has 0 bridgehead atoms. The first kappa shape index (κ1) is 30.5. The molecule has 1 N–H and O–H groups in total. The summed E-state index contributed by atoms with van der Waals surface area (Å²) in [7, 11) is 3.01. The van der Waals surface area contributed by atoms with Crippen molar-refractivity contribution in [3.63, 3.8) is 0 Å². The van der Waals surface area contributed by atoms with Gasteiger partial charge in [0.1, 0.15) is 12.1 Å². The molecule has 0 unspecified atom stereocenters. The van der Waals surface area contributed by atoms with Crippen LogP contribution >= 0.6 is 0 Å². The number of ketones is 1. The number of H-pyrrole nitrogens is 1. The number of aromatic nitrogens is 2. The standard InChI is InChI=1S/C26H24N7O3.CH3.Y/c1-28-16-33(29-2)25-23-22(21(36-3)15-31-25)20(14-30-23)24(34)26(35)32-11-9-18(10-12-32)19(13-27)17-7-5-4-6-8-17;;/h2,4-8,14-16,30H,9-12H2,1,3H3;1H3;/q2*-1;. The van der Waals surface area contributed by atoms with Crippen molar-refractivity contribution >= 4 is 47.0 Å². The molecular weight excluding hydrogens is 559 g/mol. The Morgan fingerprint density at radius 1 is 1.26 bits per heavy atom. The van der Waals surface area contributed by atoms with E-state index in [0.717, 1.165) is 11.1 Å². The van der Waals surface area contributed by atoms with E-state index < -0.39 is 11.7 Å². The quantitative estimate of drug-likeness (QED) is 0.0855. The minimum absolute atomic E-state index is 0. The average molecular weight is 586 g/mol. The molecule has 1 fully saturated rings. The molecule has 1 aromatic carbocycles. The Morgan fingerprint density at radius 2 is 1.95 bits per heavy atom. The molecular formula is C27H27N7O3Y-2. The van der Waals surface area contributed by atoms with Crippen molar-refractivity contribution in [2.75, 3.05) is 32.3 Å². The molecule has 1 aliphatic rings. The number of allylic oxidation sites excluding steroid dienone is 1. The van der Waals surface area contributed by atoms with Crippen LogP contribution in [0.1, 0.15) is 28.8 Å². The van der Waals surface area contributed by atoms with Crippen molar-refractivity contribution in [2.24, 2.45) is 10.1 Å². The zero-order valence-electron chi connectivity index (χ0n) is 21.5. The van der Waals surface area contributed by atoms with Gasteiger partial charge in [-0.1, -0.05) is 30.3 Å². The smallest absolute Gasteiger partial charge is 0.295 e. The Hall–Kier alpha value is -3.68. The first-order chi connectivity index (χ1) is 17.5. The molecule has 2 aromatic heterocycles. The summed E-state index contributed by atoms with van der Waals surface area (Å²) in [4.78, 5) is 39.2. The van der Waals surface area contributed by atoms with Crippen LogP contribution in [0.5, 0.6) is 5.75 Å². The number of hydrogen-bond acceptors (Lipinski definition) is 7. The number of amides is 1. The number of aromatic amines is 1. The molecule has 1 amide bonds. The van der Waals surface area contributed by atoms with Gasteiger partial charge in [-0.15, -0.1) is 0 Å². The number of fused-ring (bicyclic) bond motifs is 1. The van der Waals surface area contributed by atoms with E-state index in [-0.39, 0.29) is 45.7 Å². The number of methoxy groups -OCH3 is 1. The van der Waals surface area contributed by atoms with Gasteiger partial charge in [0.05, 0.1) is 41.4 Å². The van der Waals surface area contributed by atoms with Crippen LogP contribution in [0.25, 0.3) is 16.5 Å². The van der Waals surface area contributed by atoms with Crippen LogP contribution in [-0.4, -0.2) is 66.9 Å². The number of ether oxygens (including phenoxy) is 1. The van der Waals surface area contributed by atoms with Gasteiger partial charge in [0, 0.05) is 59.0 Å². The van der Waals surface area contributed by atoms with Gasteiger partial charge in [-0.3, -0.25) is 14.6 Å². The number of pyridine rings is 1. The minimum Gasteiger partial charge on any atom is -0.494 e. The Morgan fingerprint density at radius 3 is 2.53 bits per heavy atom. The minimum atomic E-state index is -0.673. The summed E-state index contributed by atoms with van der Waals surface area (Å²) in [6.07, 6.45) is 5.29. The van der Waals surface area contributed by atoms with Crippen LogP contribution in [0.15, 0.2) is 58.4 Å². The van der Waals surface area contributed by atoms with E-state index in [0.29, 0.717) is 54.0 Å². The van der Waals surface area contributed by atoms with Crippen LogP contribution in [0.2, 0.25) is 0 Å². The van der Waals surface area contributed by atoms with E-state index in [1.807, 2.05) is 30.3 Å². The van der Waals surface area contributed by atoms with E-state index in [1.165, 1.54) is 35.8 Å². The maximum atomic E-state index is 13.3. The molecule has 1 radical (unpaired) electrons. The fraction of sp³-hybridized carbons (Fsp3) is 0.222. The maximum Gasteiger partial charge on any atom is 0.295 e. The van der Waals surface area contributed by atoms with Crippen LogP contribution in [0.4, 0.5) is 5.82 Å². The number of nitrogens with one attached hydrogen (secondary N) is 1. The number of rotatable bonds is 7. The topological polar surface area (TPSA) is 127 Å². The third-order valence-corrected chi connectivity index (χ3v) is 6.06. The number of piperidine rings is 1. The summed E-state index contributed by atoms with van der Waals surface area (Å²) in [5.74, 6) is -0.679. The summed E-state index contributed by atoms with van der Waals surface area (Å²) in [6, 6.07) is 11.8. The number of aliphatic imine (C=N–C) groups is 1. The van der Waals surface area contributed by atoms with Gasteiger partial charge in [-0.05, 0) is 24.0 Å². The first-order valence-corrected chi connectivity index (χ1v) is 11.2. The largest absolute Gasteiger partial charge is 0.494 e. The van der Waals surface area contributed by atoms with Crippen LogP contribution in [0, 0.1) is 18.8 Å². The van der Waals surface area contributed by atoms with Crippen LogP contribution in [0.3, 0.4) is 0 Å². The van der Waals surface area contributed by atoms with Gasteiger partial charge >= 0.3 is 0 Å². The van der Waals surface area contributed by atoms with Crippen LogP contribution in [-0.2, 0) is 37.5 Å². The Bertz CT molecular complexity index is 1410. The number of carbonyl (C=O) groups excluding carboxylic acids is 2. The van der Waals surface area contributed by atoms with Gasteiger partial charge in [0.25, 0.3) is 11.7 Å². The molecule has 4 rings (SSSR count). The molecule has 11 heteroatoms. The number of likely N-dealkylation sites (tertiary alicyclic amines) is 1. The monoisotopic (exact) mass is 586 g/mol. The molecule has 1 aliphatic heterocycles. The summed E-state index contributed by atoms with van der Waals surface area (Å²) >= 11 is 0. The van der Waals surface area contributed by atoms with Gasteiger partial charge in [-0.2, -0.15) is 5.26 Å². The summed E-state index contributed by atoms with van der Waals surface area (Å²) in [5.41, 5.74) is 3.04. The van der Waals surface area contributed by atoms with Gasteiger partial charge in [0.2, 0.25) is 0 Å². The maximum absolute atomic E-state index is 13.3. The third-order valence-electron chi connectivity index (χ3n) is 6.06.